The van der Waals surface area contributed by atoms with Crippen molar-refractivity contribution in [2.45, 2.75) is 36.3 Å². The minimum Gasteiger partial charge on any atom is -0.491 e. The number of rotatable bonds is 12. The first-order valence-corrected chi connectivity index (χ1v) is 19.2. The fraction of sp³-hybridized carbons (Fsp3) is 0.217. The van der Waals surface area contributed by atoms with Gasteiger partial charge in [0.2, 0.25) is 5.91 Å². The van der Waals surface area contributed by atoms with Gasteiger partial charge in [0, 0.05) is 12.1 Å². The van der Waals surface area contributed by atoms with Crippen molar-refractivity contribution in [1.82, 2.24) is 4.90 Å². The lowest BCUT2D eigenvalue weighted by molar-refractivity contribution is -0.384. The summed E-state index contributed by atoms with van der Waals surface area (Å²) in [6.45, 7) is 2.93. The molecule has 3 aliphatic rings. The summed E-state index contributed by atoms with van der Waals surface area (Å²) >= 11 is 0. The van der Waals surface area contributed by atoms with Gasteiger partial charge in [0.25, 0.3) is 5.69 Å². The molecule has 3 aliphatic heterocycles. The molecule has 304 valence electrons. The second kappa shape index (κ2) is 16.6. The summed E-state index contributed by atoms with van der Waals surface area (Å²) < 4.78 is 23.6. The van der Waals surface area contributed by atoms with Crippen molar-refractivity contribution in [2.75, 3.05) is 24.7 Å². The Morgan fingerprint density at radius 2 is 1.47 bits per heavy atom. The Labute approximate surface area is 344 Å². The Hall–Kier alpha value is -7.16. The van der Waals surface area contributed by atoms with Crippen molar-refractivity contribution >= 4 is 35.3 Å². The number of esters is 2. The van der Waals surface area contributed by atoms with E-state index in [1.54, 1.807) is 48.5 Å². The maximum absolute atomic E-state index is 15.9. The lowest BCUT2D eigenvalue weighted by atomic mass is 9.65. The van der Waals surface area contributed by atoms with E-state index in [-0.39, 0.29) is 43.4 Å². The second-order valence-corrected chi connectivity index (χ2v) is 14.5. The number of anilines is 1. The summed E-state index contributed by atoms with van der Waals surface area (Å²) in [6.07, 6.45) is -0.605. The highest BCUT2D eigenvalue weighted by atomic mass is 16.6. The number of nitrogens with zero attached hydrogens (tertiary/aromatic N) is 3. The van der Waals surface area contributed by atoms with E-state index in [4.69, 9.17) is 18.9 Å². The molecule has 0 saturated carbocycles. The number of hydrogen-bond acceptors (Lipinski definition) is 12. The number of nitro groups is 1. The predicted octanol–water partition coefficient (Wildman–Crippen LogP) is 6.70. The van der Waals surface area contributed by atoms with Crippen molar-refractivity contribution in [1.29, 1.82) is 0 Å². The number of morpholine rings is 1. The second-order valence-electron chi connectivity index (χ2n) is 14.5. The van der Waals surface area contributed by atoms with Crippen LogP contribution < -0.4 is 9.64 Å². The van der Waals surface area contributed by atoms with Crippen LogP contribution in [0.1, 0.15) is 46.0 Å². The molecule has 2 fully saturated rings. The van der Waals surface area contributed by atoms with Gasteiger partial charge in [-0.2, -0.15) is 0 Å². The van der Waals surface area contributed by atoms with Crippen molar-refractivity contribution in [3.63, 3.8) is 0 Å². The predicted molar refractivity (Wildman–Crippen MR) is 215 cm³/mol. The Bertz CT molecular complexity index is 2430. The molecule has 14 heteroatoms. The summed E-state index contributed by atoms with van der Waals surface area (Å²) in [6, 6.07) is 34.0. The lowest BCUT2D eigenvalue weighted by Crippen LogP contribution is -2.53. The van der Waals surface area contributed by atoms with Crippen LogP contribution in [0.5, 0.6) is 5.75 Å². The molecule has 60 heavy (non-hydrogen) atoms. The highest BCUT2D eigenvalue weighted by Gasteiger charge is 2.76. The number of carbonyl (C=O) groups excluding carboxylic acids is 4. The van der Waals surface area contributed by atoms with E-state index in [0.29, 0.717) is 22.4 Å². The average Bonchev–Trinajstić information content (AvgIpc) is 3.74. The van der Waals surface area contributed by atoms with Crippen molar-refractivity contribution in [3.05, 3.63) is 184 Å². The number of hydrogen-bond donors (Lipinski definition) is 1. The van der Waals surface area contributed by atoms with E-state index in [2.05, 4.69) is 6.58 Å². The molecule has 1 spiro atoms. The number of non-ortho nitro benzene ring substituents is 1. The van der Waals surface area contributed by atoms with Crippen molar-refractivity contribution in [2.24, 2.45) is 5.92 Å². The normalized spacial score (nSPS) is 23.0. The van der Waals surface area contributed by atoms with Gasteiger partial charge in [0.15, 0.2) is 0 Å². The molecule has 3 heterocycles. The number of benzene rings is 5. The van der Waals surface area contributed by atoms with E-state index in [9.17, 15) is 29.6 Å². The number of para-hydroxylation sites is 1. The van der Waals surface area contributed by atoms with E-state index >= 15 is 4.79 Å². The van der Waals surface area contributed by atoms with Gasteiger partial charge in [-0.05, 0) is 58.1 Å². The molecular weight excluding hydrogens is 771 g/mol. The first kappa shape index (κ1) is 39.7. The minimum absolute atomic E-state index is 0.0294. The van der Waals surface area contributed by atoms with Crippen LogP contribution in [0.15, 0.2) is 146 Å². The molecule has 2 amide bonds. The molecule has 5 aromatic rings. The third-order valence-corrected chi connectivity index (χ3v) is 11.2. The molecule has 1 N–H and O–H groups in total. The van der Waals surface area contributed by atoms with Gasteiger partial charge in [-0.3, -0.25) is 29.4 Å². The molecule has 6 atom stereocenters. The highest BCUT2D eigenvalue weighted by molar-refractivity contribution is 6.23. The molecular formula is C46H39N3O11. The molecule has 0 bridgehead atoms. The maximum Gasteiger partial charge on any atom is 0.421 e. The number of nitro benzene ring substituents is 1. The smallest absolute Gasteiger partial charge is 0.421 e. The van der Waals surface area contributed by atoms with Gasteiger partial charge in [-0.1, -0.05) is 104 Å². The zero-order chi connectivity index (χ0) is 42.0. The Morgan fingerprint density at radius 3 is 2.12 bits per heavy atom. The molecule has 14 nitrogen and oxygen atoms in total. The van der Waals surface area contributed by atoms with Crippen LogP contribution in [0.25, 0.3) is 0 Å². The number of fused-ring (bicyclic) bond motifs is 3. The largest absolute Gasteiger partial charge is 0.491 e. The molecule has 0 unspecified atom stereocenters. The quantitative estimate of drug-likeness (QED) is 0.0465. The van der Waals surface area contributed by atoms with E-state index < -0.39 is 64.4 Å². The number of amides is 2. The van der Waals surface area contributed by atoms with Crippen LogP contribution in [0.2, 0.25) is 0 Å². The summed E-state index contributed by atoms with van der Waals surface area (Å²) in [5.74, 6) is -3.65. The minimum atomic E-state index is -2.02. The lowest BCUT2D eigenvalue weighted by Gasteiger charge is -2.46. The zero-order valence-electron chi connectivity index (χ0n) is 32.1. The number of aliphatic hydroxyl groups is 1. The zero-order valence-corrected chi connectivity index (χ0v) is 32.1. The SMILES string of the molecule is C=CCOC(=O)[C@@H]1[C@H]2C(=O)O[C@H](c3ccccc3)[C@H](c3ccccc3)N2[C@H](c2ccc(OCCO)cc2)[C@@]12C(=O)N(C(=O)OCc1ccc([N+](=O)[O-])cc1)c1ccccc12. The Morgan fingerprint density at radius 1 is 0.817 bits per heavy atom. The van der Waals surface area contributed by atoms with Crippen LogP contribution in [-0.2, 0) is 40.6 Å². The third kappa shape index (κ3) is 6.74. The fourth-order valence-electron chi connectivity index (χ4n) is 8.87. The number of aliphatic hydroxyl groups excluding tert-OH is 1. The molecule has 0 aliphatic carbocycles. The number of ether oxygens (including phenoxy) is 4. The summed E-state index contributed by atoms with van der Waals surface area (Å²) in [5, 5.41) is 20.7. The summed E-state index contributed by atoms with van der Waals surface area (Å²) in [5.41, 5.74) is 0.571. The van der Waals surface area contributed by atoms with E-state index in [1.807, 2.05) is 65.6 Å². The van der Waals surface area contributed by atoms with Crippen molar-refractivity contribution < 1.29 is 48.2 Å². The number of carbonyl (C=O) groups is 4. The standard InChI is InChI=1S/C46H39N3O11/c1-2-26-58-42(51)37-39-43(52)60-40(31-13-7-4-8-14-31)38(30-11-5-3-6-12-30)48(39)41(32-19-23-34(24-20-32)57-27-25-50)46(37)35-15-9-10-16-36(35)47(44(46)53)45(54)59-28-29-17-21-33(22-18-29)49(55)56/h2-24,37-41,50H,1,25-28H2/t37-,38-,39-,40+,41+,46-/m0/s1. The van der Waals surface area contributed by atoms with Crippen molar-refractivity contribution in [3.8, 4) is 5.75 Å². The van der Waals surface area contributed by atoms with Crippen LogP contribution >= 0.6 is 0 Å². The Kier molecular flexibility index (Phi) is 11.0. The third-order valence-electron chi connectivity index (χ3n) is 11.2. The highest BCUT2D eigenvalue weighted by Crippen LogP contribution is 2.66. The topological polar surface area (TPSA) is 175 Å². The van der Waals surface area contributed by atoms with Gasteiger partial charge in [0.1, 0.15) is 49.0 Å². The fourth-order valence-corrected chi connectivity index (χ4v) is 8.87. The molecule has 5 aromatic carbocycles. The van der Waals surface area contributed by atoms with Gasteiger partial charge >= 0.3 is 18.0 Å². The number of imide groups is 1. The summed E-state index contributed by atoms with van der Waals surface area (Å²) in [4.78, 5) is 73.4. The maximum atomic E-state index is 15.9. The average molecular weight is 810 g/mol. The van der Waals surface area contributed by atoms with E-state index in [0.717, 1.165) is 10.5 Å². The van der Waals surface area contributed by atoms with Gasteiger partial charge < -0.3 is 24.1 Å². The number of cyclic esters (lactones) is 1. The summed E-state index contributed by atoms with van der Waals surface area (Å²) in [7, 11) is 0. The molecule has 0 radical (unpaired) electrons. The van der Waals surface area contributed by atoms with E-state index in [1.165, 1.54) is 30.3 Å². The van der Waals surface area contributed by atoms with Crippen LogP contribution in [0.3, 0.4) is 0 Å². The molecule has 8 rings (SSSR count). The van der Waals surface area contributed by atoms with Gasteiger partial charge in [-0.25, -0.2) is 9.69 Å². The first-order valence-electron chi connectivity index (χ1n) is 19.2. The van der Waals surface area contributed by atoms with Crippen LogP contribution in [-0.4, -0.2) is 64.7 Å². The monoisotopic (exact) mass is 809 g/mol. The van der Waals surface area contributed by atoms with Crippen LogP contribution in [0.4, 0.5) is 16.2 Å². The van der Waals surface area contributed by atoms with Crippen LogP contribution in [0, 0.1) is 16.0 Å². The van der Waals surface area contributed by atoms with Gasteiger partial charge in [-0.15, -0.1) is 0 Å². The van der Waals surface area contributed by atoms with Gasteiger partial charge in [0.05, 0.1) is 29.3 Å². The molecule has 2 saturated heterocycles. The first-order chi connectivity index (χ1) is 29.2. The Balaban J connectivity index is 1.35. The molecule has 0 aromatic heterocycles.